The average molecular weight is 598 g/mol. The maximum Gasteiger partial charge on any atom is 0.490 e. The fourth-order valence-corrected chi connectivity index (χ4v) is 5.63. The highest BCUT2D eigenvalue weighted by atomic mass is 32.1. The molecule has 0 unspecified atom stereocenters. The van der Waals surface area contributed by atoms with E-state index in [0.29, 0.717) is 32.1 Å². The highest BCUT2D eigenvalue weighted by Gasteiger charge is 2.38. The minimum Gasteiger partial charge on any atom is -0.475 e. The summed E-state index contributed by atoms with van der Waals surface area (Å²) >= 11 is 1.75. The molecule has 13 nitrogen and oxygen atoms in total. The first-order valence-electron chi connectivity index (χ1n) is 12.7. The molecule has 5 N–H and O–H groups in total. The maximum absolute atomic E-state index is 11.9. The number of aliphatic carboxylic acids is 1. The van der Waals surface area contributed by atoms with Gasteiger partial charge in [-0.05, 0) is 12.5 Å². The summed E-state index contributed by atoms with van der Waals surface area (Å²) in [6, 6.07) is 0. The second-order valence-corrected chi connectivity index (χ2v) is 10.4. The lowest BCUT2D eigenvalue weighted by molar-refractivity contribution is -0.192. The molecule has 0 aliphatic carbocycles. The molecule has 0 saturated carbocycles. The van der Waals surface area contributed by atoms with Gasteiger partial charge in [-0.25, -0.2) is 24.7 Å². The number of nitrogens with two attached hydrogens (primary N) is 2. The van der Waals surface area contributed by atoms with Crippen LogP contribution in [0.1, 0.15) is 10.4 Å². The molecule has 0 atom stereocenters. The number of halogens is 3. The highest BCUT2D eigenvalue weighted by molar-refractivity contribution is 7.19. The van der Waals surface area contributed by atoms with Crippen LogP contribution < -0.4 is 16.4 Å². The number of aromatic nitrogens is 4. The molecule has 3 aromatic heterocycles. The van der Waals surface area contributed by atoms with E-state index in [-0.39, 0.29) is 18.4 Å². The van der Waals surface area contributed by atoms with Gasteiger partial charge in [0.1, 0.15) is 0 Å². The Morgan fingerprint density at radius 1 is 1.07 bits per heavy atom. The van der Waals surface area contributed by atoms with E-state index in [1.807, 2.05) is 4.90 Å². The largest absolute Gasteiger partial charge is 0.490 e. The quantitative estimate of drug-likeness (QED) is 0.382. The summed E-state index contributed by atoms with van der Waals surface area (Å²) in [6.07, 6.45) is -1.76. The predicted octanol–water partition coefficient (Wildman–Crippen LogP) is 1.11. The molecule has 17 heteroatoms. The molecule has 0 spiro atoms. The number of morpholine rings is 1. The maximum atomic E-state index is 11.9. The van der Waals surface area contributed by atoms with E-state index < -0.39 is 12.1 Å². The number of carboxylic acid groups (broad SMARTS) is 1. The van der Waals surface area contributed by atoms with Crippen LogP contribution in [-0.4, -0.2) is 112 Å². The molecule has 1 amide bonds. The van der Waals surface area contributed by atoms with Crippen LogP contribution in [0.25, 0.3) is 21.6 Å². The summed E-state index contributed by atoms with van der Waals surface area (Å²) in [7, 11) is 0. The molecular formula is C24H30F3N9O4S. The molecule has 2 aliphatic heterocycles. The number of carbonyl (C=O) groups is 2. The van der Waals surface area contributed by atoms with Crippen LogP contribution in [0, 0.1) is 6.92 Å². The zero-order valence-electron chi connectivity index (χ0n) is 22.2. The Morgan fingerprint density at radius 2 is 1.68 bits per heavy atom. The van der Waals surface area contributed by atoms with Gasteiger partial charge in [0.15, 0.2) is 11.6 Å². The van der Waals surface area contributed by atoms with Gasteiger partial charge < -0.3 is 31.1 Å². The fourth-order valence-electron chi connectivity index (χ4n) is 4.33. The van der Waals surface area contributed by atoms with E-state index in [0.717, 1.165) is 59.9 Å². The Kier molecular flexibility index (Phi) is 9.52. The van der Waals surface area contributed by atoms with E-state index in [4.69, 9.17) is 36.1 Å². The van der Waals surface area contributed by atoms with Crippen molar-refractivity contribution in [3.05, 3.63) is 22.8 Å². The molecule has 2 aliphatic rings. The number of alkyl halides is 3. The van der Waals surface area contributed by atoms with Crippen LogP contribution in [0.5, 0.6) is 0 Å². The van der Waals surface area contributed by atoms with Crippen molar-refractivity contribution in [1.82, 2.24) is 29.7 Å². The molecule has 0 aromatic carbocycles. The number of aryl methyl sites for hydroxylation is 1. The van der Waals surface area contributed by atoms with Crippen LogP contribution in [0.4, 0.5) is 24.9 Å². The second-order valence-electron chi connectivity index (χ2n) is 9.29. The highest BCUT2D eigenvalue weighted by Crippen LogP contribution is 2.38. The van der Waals surface area contributed by atoms with Crippen molar-refractivity contribution in [1.29, 1.82) is 0 Å². The Morgan fingerprint density at radius 3 is 2.24 bits per heavy atom. The average Bonchev–Trinajstić information content (AvgIpc) is 3.28. The summed E-state index contributed by atoms with van der Waals surface area (Å²) in [6.45, 7) is 9.01. The number of ether oxygens (including phenoxy) is 1. The van der Waals surface area contributed by atoms with Gasteiger partial charge in [-0.15, -0.1) is 11.3 Å². The first-order valence-corrected chi connectivity index (χ1v) is 13.5. The zero-order valence-corrected chi connectivity index (χ0v) is 23.0. The smallest absolute Gasteiger partial charge is 0.475 e. The van der Waals surface area contributed by atoms with Gasteiger partial charge in [-0.2, -0.15) is 13.2 Å². The van der Waals surface area contributed by atoms with E-state index in [2.05, 4.69) is 26.7 Å². The molecule has 2 saturated heterocycles. The molecule has 3 aromatic rings. The number of nitrogens with zero attached hydrogens (tertiary/aromatic N) is 7. The summed E-state index contributed by atoms with van der Waals surface area (Å²) in [4.78, 5) is 46.7. The molecule has 2 fully saturated rings. The van der Waals surface area contributed by atoms with E-state index in [9.17, 15) is 18.0 Å². The van der Waals surface area contributed by atoms with Crippen LogP contribution in [0.15, 0.2) is 12.4 Å². The molecular weight excluding hydrogens is 567 g/mol. The fraction of sp³-hybridized carbons (Fsp3) is 0.500. The monoisotopic (exact) mass is 597 g/mol. The normalized spacial score (nSPS) is 16.4. The SMILES string of the molecule is Cc1c(CN2CCN(C(=O)CN)CC2)sc2c(N3CCOCC3)nc(-c3cnc(N)nc3)nc12.O=C(O)C(F)(F)F. The lowest BCUT2D eigenvalue weighted by Gasteiger charge is -2.34. The Labute approximate surface area is 236 Å². The standard InChI is InChI=1S/C22H29N9O2S.C2HF3O2/c1-14-16(13-29-2-4-30(5-3-29)17(32)10-23)34-19-18(14)27-20(15-11-25-22(24)26-12-15)28-21(19)31-6-8-33-9-7-31;3-2(4,5)1(6)7/h11-12H,2-10,13,23H2,1H3,(H2,24,25,26);(H,6,7). The van der Waals surface area contributed by atoms with E-state index in [1.54, 1.807) is 23.7 Å². The molecule has 222 valence electrons. The summed E-state index contributed by atoms with van der Waals surface area (Å²) in [5.74, 6) is -0.997. The molecule has 41 heavy (non-hydrogen) atoms. The number of hydrogen-bond donors (Lipinski definition) is 3. The van der Waals surface area contributed by atoms with Crippen molar-refractivity contribution in [3.63, 3.8) is 0 Å². The van der Waals surface area contributed by atoms with Gasteiger partial charge in [0.2, 0.25) is 11.9 Å². The van der Waals surface area contributed by atoms with Crippen molar-refractivity contribution >= 4 is 45.2 Å². The van der Waals surface area contributed by atoms with Crippen molar-refractivity contribution in [3.8, 4) is 11.4 Å². The van der Waals surface area contributed by atoms with Gasteiger partial charge in [0.05, 0.1) is 35.5 Å². The third kappa shape index (κ3) is 7.35. The van der Waals surface area contributed by atoms with Crippen LogP contribution in [0.2, 0.25) is 0 Å². The third-order valence-corrected chi connectivity index (χ3v) is 7.86. The Bertz CT molecular complexity index is 1370. The first kappa shape index (κ1) is 30.3. The van der Waals surface area contributed by atoms with Gasteiger partial charge in [-0.1, -0.05) is 0 Å². The number of anilines is 2. The molecule has 5 rings (SSSR count). The minimum atomic E-state index is -5.08. The number of amides is 1. The van der Waals surface area contributed by atoms with Crippen LogP contribution in [-0.2, 0) is 20.9 Å². The minimum absolute atomic E-state index is 0.0160. The van der Waals surface area contributed by atoms with Gasteiger partial charge in [-0.3, -0.25) is 9.69 Å². The van der Waals surface area contributed by atoms with Crippen molar-refractivity contribution in [2.75, 3.05) is 69.7 Å². The number of rotatable bonds is 5. The predicted molar refractivity (Wildman–Crippen MR) is 145 cm³/mol. The number of fused-ring (bicyclic) bond motifs is 1. The van der Waals surface area contributed by atoms with Crippen molar-refractivity contribution < 1.29 is 32.6 Å². The topological polar surface area (TPSA) is 177 Å². The number of nitrogen functional groups attached to an aromatic ring is 1. The second kappa shape index (κ2) is 12.9. The molecule has 5 heterocycles. The van der Waals surface area contributed by atoms with Gasteiger partial charge in [0.25, 0.3) is 0 Å². The van der Waals surface area contributed by atoms with Crippen molar-refractivity contribution in [2.45, 2.75) is 19.6 Å². The number of thiophene rings is 1. The van der Waals surface area contributed by atoms with E-state index >= 15 is 0 Å². The number of carbonyl (C=O) groups excluding carboxylic acids is 1. The number of carboxylic acids is 1. The lowest BCUT2D eigenvalue weighted by Crippen LogP contribution is -2.49. The van der Waals surface area contributed by atoms with Crippen LogP contribution in [0.3, 0.4) is 0 Å². The summed E-state index contributed by atoms with van der Waals surface area (Å²) < 4.78 is 38.4. The number of hydrogen-bond acceptors (Lipinski definition) is 12. The van der Waals surface area contributed by atoms with E-state index in [1.165, 1.54) is 4.88 Å². The first-order chi connectivity index (χ1) is 19.5. The molecule has 0 bridgehead atoms. The summed E-state index contributed by atoms with van der Waals surface area (Å²) in [5, 5.41) is 7.12. The van der Waals surface area contributed by atoms with Gasteiger partial charge >= 0.3 is 12.1 Å². The summed E-state index contributed by atoms with van der Waals surface area (Å²) in [5.41, 5.74) is 14.1. The van der Waals surface area contributed by atoms with Crippen LogP contribution >= 0.6 is 11.3 Å². The number of piperazine rings is 1. The Balaban J connectivity index is 0.000000493. The Hall–Kier alpha value is -3.67. The zero-order chi connectivity index (χ0) is 29.7. The van der Waals surface area contributed by atoms with Gasteiger partial charge in [0, 0.05) is 63.1 Å². The van der Waals surface area contributed by atoms with Crippen molar-refractivity contribution in [2.24, 2.45) is 5.73 Å². The lowest BCUT2D eigenvalue weighted by atomic mass is 10.2. The third-order valence-electron chi connectivity index (χ3n) is 6.60. The molecule has 0 radical (unpaired) electrons.